The summed E-state index contributed by atoms with van der Waals surface area (Å²) in [6.07, 6.45) is 1.67. The minimum atomic E-state index is -0.268. The molecule has 0 bridgehead atoms. The molecule has 0 aromatic heterocycles. The molecule has 158 valence electrons. The molecule has 30 heavy (non-hydrogen) atoms. The number of unbranched alkanes of at least 4 members (excludes halogenated alkanes) is 1. The van der Waals surface area contributed by atoms with E-state index in [0.29, 0.717) is 41.4 Å². The van der Waals surface area contributed by atoms with Crippen molar-refractivity contribution in [3.05, 3.63) is 65.4 Å². The largest absolute Gasteiger partial charge is 0.493 e. The number of amides is 2. The van der Waals surface area contributed by atoms with Crippen molar-refractivity contribution in [2.24, 2.45) is 0 Å². The number of nitrogens with zero attached hydrogens (tertiary/aromatic N) is 2. The third-order valence-electron chi connectivity index (χ3n) is 5.20. The van der Waals surface area contributed by atoms with Crippen molar-refractivity contribution in [2.45, 2.75) is 26.3 Å². The Kier molecular flexibility index (Phi) is 6.77. The Balaban J connectivity index is 2.06. The van der Waals surface area contributed by atoms with Gasteiger partial charge in [0.15, 0.2) is 11.5 Å². The Labute approximate surface area is 177 Å². The van der Waals surface area contributed by atoms with Crippen LogP contribution < -0.4 is 9.47 Å². The summed E-state index contributed by atoms with van der Waals surface area (Å²) in [5.41, 5.74) is 2.51. The maximum atomic E-state index is 13.3. The van der Waals surface area contributed by atoms with Crippen LogP contribution in [-0.4, -0.2) is 49.4 Å². The van der Waals surface area contributed by atoms with Crippen LogP contribution in [0, 0.1) is 0 Å². The number of carbonyl (C=O) groups excluding carboxylic acids is 2. The zero-order valence-electron chi connectivity index (χ0n) is 18.0. The zero-order valence-corrected chi connectivity index (χ0v) is 18.0. The van der Waals surface area contributed by atoms with E-state index in [-0.39, 0.29) is 11.8 Å². The zero-order chi connectivity index (χ0) is 21.7. The molecule has 0 radical (unpaired) electrons. The quantitative estimate of drug-likeness (QED) is 0.592. The van der Waals surface area contributed by atoms with Crippen LogP contribution in [0.1, 0.15) is 30.9 Å². The number of rotatable bonds is 9. The van der Waals surface area contributed by atoms with Gasteiger partial charge in [0, 0.05) is 20.1 Å². The van der Waals surface area contributed by atoms with Crippen LogP contribution in [0.2, 0.25) is 0 Å². The van der Waals surface area contributed by atoms with E-state index in [1.54, 1.807) is 32.4 Å². The van der Waals surface area contributed by atoms with Gasteiger partial charge in [-0.1, -0.05) is 49.7 Å². The van der Waals surface area contributed by atoms with Crippen molar-refractivity contribution in [2.75, 3.05) is 27.8 Å². The van der Waals surface area contributed by atoms with Gasteiger partial charge in [0.25, 0.3) is 11.8 Å². The predicted molar refractivity (Wildman–Crippen MR) is 116 cm³/mol. The predicted octanol–water partition coefficient (Wildman–Crippen LogP) is 3.72. The van der Waals surface area contributed by atoms with Gasteiger partial charge < -0.3 is 14.4 Å². The molecule has 3 rings (SSSR count). The number of carbonyl (C=O) groups is 2. The van der Waals surface area contributed by atoms with Crippen LogP contribution in [-0.2, 0) is 16.1 Å². The van der Waals surface area contributed by atoms with Crippen LogP contribution in [0.5, 0.6) is 11.5 Å². The molecule has 2 amide bonds. The first kappa shape index (κ1) is 21.4. The molecule has 0 spiro atoms. The summed E-state index contributed by atoms with van der Waals surface area (Å²) in [7, 11) is 4.96. The first-order chi connectivity index (χ1) is 14.5. The average Bonchev–Trinajstić information content (AvgIpc) is 3.02. The Hall–Kier alpha value is -3.28. The van der Waals surface area contributed by atoms with Gasteiger partial charge in [0.1, 0.15) is 5.70 Å². The van der Waals surface area contributed by atoms with E-state index in [9.17, 15) is 9.59 Å². The highest BCUT2D eigenvalue weighted by Gasteiger charge is 2.40. The molecule has 6 nitrogen and oxygen atoms in total. The van der Waals surface area contributed by atoms with Gasteiger partial charge in [-0.2, -0.15) is 0 Å². The molecule has 6 heteroatoms. The van der Waals surface area contributed by atoms with E-state index < -0.39 is 0 Å². The van der Waals surface area contributed by atoms with Crippen molar-refractivity contribution >= 4 is 17.4 Å². The lowest BCUT2D eigenvalue weighted by Gasteiger charge is -2.21. The van der Waals surface area contributed by atoms with Crippen LogP contribution >= 0.6 is 0 Å². The Morgan fingerprint density at radius 1 is 0.933 bits per heavy atom. The van der Waals surface area contributed by atoms with Crippen LogP contribution in [0.3, 0.4) is 0 Å². The molecule has 0 saturated heterocycles. The second-order valence-electron chi connectivity index (χ2n) is 7.25. The molecular formula is C24H28N2O4. The molecule has 0 saturated carbocycles. The molecule has 0 unspecified atom stereocenters. The third kappa shape index (κ3) is 4.17. The van der Waals surface area contributed by atoms with Crippen LogP contribution in [0.4, 0.5) is 0 Å². The summed E-state index contributed by atoms with van der Waals surface area (Å²) in [6.45, 7) is 2.97. The van der Waals surface area contributed by atoms with Gasteiger partial charge in [-0.15, -0.1) is 0 Å². The topological polar surface area (TPSA) is 59.1 Å². The summed E-state index contributed by atoms with van der Waals surface area (Å²) in [4.78, 5) is 29.8. The number of hydrogen-bond donors (Lipinski definition) is 0. The lowest BCUT2D eigenvalue weighted by molar-refractivity contribution is -0.137. The first-order valence-corrected chi connectivity index (χ1v) is 10.1. The molecule has 1 aliphatic heterocycles. The minimum Gasteiger partial charge on any atom is -0.493 e. The highest BCUT2D eigenvalue weighted by molar-refractivity contribution is 6.35. The van der Waals surface area contributed by atoms with Crippen molar-refractivity contribution in [1.82, 2.24) is 9.80 Å². The molecular weight excluding hydrogens is 380 g/mol. The Morgan fingerprint density at radius 2 is 1.63 bits per heavy atom. The van der Waals surface area contributed by atoms with Gasteiger partial charge in [-0.05, 0) is 29.7 Å². The number of methoxy groups -OCH3 is 2. The van der Waals surface area contributed by atoms with Gasteiger partial charge in [0.2, 0.25) is 0 Å². The highest BCUT2D eigenvalue weighted by Crippen LogP contribution is 2.36. The standard InChI is InChI=1S/C24H28N2O4/c1-5-6-14-26-23(27)21(18-12-13-19(29-3)20(15-18)30-4)22(24(26)28)25(2)16-17-10-8-7-9-11-17/h7-13,15H,5-6,14,16H2,1-4H3. The summed E-state index contributed by atoms with van der Waals surface area (Å²) in [5, 5.41) is 0. The van der Waals surface area contributed by atoms with Gasteiger partial charge in [-0.3, -0.25) is 14.5 Å². The van der Waals surface area contributed by atoms with Gasteiger partial charge in [-0.25, -0.2) is 0 Å². The minimum absolute atomic E-state index is 0.253. The second kappa shape index (κ2) is 9.48. The maximum Gasteiger partial charge on any atom is 0.277 e. The molecule has 0 aliphatic carbocycles. The fourth-order valence-electron chi connectivity index (χ4n) is 3.62. The summed E-state index contributed by atoms with van der Waals surface area (Å²) in [6, 6.07) is 15.2. The monoisotopic (exact) mass is 408 g/mol. The fourth-order valence-corrected chi connectivity index (χ4v) is 3.62. The maximum absolute atomic E-state index is 13.3. The summed E-state index contributed by atoms with van der Waals surface area (Å²) < 4.78 is 10.7. The van der Waals surface area contributed by atoms with Gasteiger partial charge in [0.05, 0.1) is 19.8 Å². The molecule has 2 aromatic carbocycles. The van der Waals surface area contributed by atoms with Crippen LogP contribution in [0.25, 0.3) is 5.57 Å². The number of imide groups is 1. The van der Waals surface area contributed by atoms with E-state index in [4.69, 9.17) is 9.47 Å². The molecule has 0 N–H and O–H groups in total. The normalized spacial score (nSPS) is 13.8. The number of likely N-dealkylation sites (N-methyl/N-ethyl adjacent to an activating group) is 1. The van der Waals surface area contributed by atoms with E-state index >= 15 is 0 Å². The summed E-state index contributed by atoms with van der Waals surface area (Å²) >= 11 is 0. The number of ether oxygens (including phenoxy) is 2. The van der Waals surface area contributed by atoms with Crippen molar-refractivity contribution in [1.29, 1.82) is 0 Å². The van der Waals surface area contributed by atoms with E-state index in [1.165, 1.54) is 4.90 Å². The van der Waals surface area contributed by atoms with Crippen molar-refractivity contribution in [3.8, 4) is 11.5 Å². The Bertz CT molecular complexity index is 953. The van der Waals surface area contributed by atoms with Gasteiger partial charge >= 0.3 is 0 Å². The Morgan fingerprint density at radius 3 is 2.27 bits per heavy atom. The number of benzene rings is 2. The van der Waals surface area contributed by atoms with E-state index in [0.717, 1.165) is 18.4 Å². The SMILES string of the molecule is CCCCN1C(=O)C(c2ccc(OC)c(OC)c2)=C(N(C)Cc2ccccc2)C1=O. The molecule has 1 aliphatic rings. The highest BCUT2D eigenvalue weighted by atomic mass is 16.5. The molecule has 1 heterocycles. The molecule has 0 fully saturated rings. The smallest absolute Gasteiger partial charge is 0.277 e. The lowest BCUT2D eigenvalue weighted by Crippen LogP contribution is -2.34. The van der Waals surface area contributed by atoms with Crippen molar-refractivity contribution in [3.63, 3.8) is 0 Å². The van der Waals surface area contributed by atoms with E-state index in [2.05, 4.69) is 0 Å². The van der Waals surface area contributed by atoms with Crippen molar-refractivity contribution < 1.29 is 19.1 Å². The molecule has 0 atom stereocenters. The molecule has 2 aromatic rings. The second-order valence-corrected chi connectivity index (χ2v) is 7.25. The van der Waals surface area contributed by atoms with E-state index in [1.807, 2.05) is 49.2 Å². The third-order valence-corrected chi connectivity index (χ3v) is 5.20. The first-order valence-electron chi connectivity index (χ1n) is 10.1. The average molecular weight is 408 g/mol. The van der Waals surface area contributed by atoms with Crippen LogP contribution in [0.15, 0.2) is 54.2 Å². The fraction of sp³-hybridized carbons (Fsp3) is 0.333. The lowest BCUT2D eigenvalue weighted by atomic mass is 10.0. The summed E-state index contributed by atoms with van der Waals surface area (Å²) in [5.74, 6) is 0.563. The number of hydrogen-bond acceptors (Lipinski definition) is 5.